The van der Waals surface area contributed by atoms with Crippen molar-refractivity contribution in [1.29, 1.82) is 0 Å². The number of ether oxygens (including phenoxy) is 1. The number of anilines is 1. The molecule has 3 aromatic carbocycles. The summed E-state index contributed by atoms with van der Waals surface area (Å²) >= 11 is 0. The Kier molecular flexibility index (Phi) is 11.5. The van der Waals surface area contributed by atoms with Gasteiger partial charge in [-0.05, 0) is 84.6 Å². The molecule has 0 aliphatic heterocycles. The molecule has 0 aliphatic carbocycles. The van der Waals surface area contributed by atoms with E-state index in [4.69, 9.17) is 4.74 Å². The molecule has 45 heavy (non-hydrogen) atoms. The van der Waals surface area contributed by atoms with Gasteiger partial charge >= 0.3 is 0 Å². The number of rotatable bonds is 14. The van der Waals surface area contributed by atoms with Crippen molar-refractivity contribution in [3.05, 3.63) is 114 Å². The van der Waals surface area contributed by atoms with E-state index in [2.05, 4.69) is 26.4 Å². The van der Waals surface area contributed by atoms with Crippen LogP contribution in [0.25, 0.3) is 0 Å². The Morgan fingerprint density at radius 3 is 2.36 bits per heavy atom. The smallest absolute Gasteiger partial charge is 0.251 e. The number of aromatic nitrogens is 2. The molecule has 0 fully saturated rings. The lowest BCUT2D eigenvalue weighted by Crippen LogP contribution is -2.45. The van der Waals surface area contributed by atoms with Crippen LogP contribution in [-0.2, 0) is 17.9 Å². The van der Waals surface area contributed by atoms with Crippen LogP contribution in [0.2, 0.25) is 0 Å². The second-order valence-corrected chi connectivity index (χ2v) is 12.0. The van der Waals surface area contributed by atoms with Crippen molar-refractivity contribution in [3.63, 3.8) is 0 Å². The zero-order valence-electron chi connectivity index (χ0n) is 26.3. The highest BCUT2D eigenvalue weighted by atomic mass is 16.5. The zero-order valence-corrected chi connectivity index (χ0v) is 26.3. The first-order valence-electron chi connectivity index (χ1n) is 15.0. The van der Waals surface area contributed by atoms with Crippen LogP contribution in [0.5, 0.6) is 5.75 Å². The molecule has 4 aromatic rings. The minimum absolute atomic E-state index is 0.222. The predicted molar refractivity (Wildman–Crippen MR) is 175 cm³/mol. The van der Waals surface area contributed by atoms with Gasteiger partial charge in [0, 0.05) is 42.3 Å². The lowest BCUT2D eigenvalue weighted by Gasteiger charge is -2.26. The summed E-state index contributed by atoms with van der Waals surface area (Å²) in [7, 11) is 1.86. The number of carbonyl (C=O) groups excluding carboxylic acids is 3. The summed E-state index contributed by atoms with van der Waals surface area (Å²) in [5.74, 6) is -0.203. The highest BCUT2D eigenvalue weighted by Crippen LogP contribution is 2.23. The Hall–Kier alpha value is -4.96. The molecule has 1 atom stereocenters. The molecule has 4 N–H and O–H groups in total. The Bertz CT molecular complexity index is 1560. The molecule has 1 heterocycles. The Morgan fingerprint density at radius 2 is 1.64 bits per heavy atom. The van der Waals surface area contributed by atoms with Crippen molar-refractivity contribution < 1.29 is 19.1 Å². The summed E-state index contributed by atoms with van der Waals surface area (Å²) in [5.41, 5.74) is 3.08. The van der Waals surface area contributed by atoms with Crippen molar-refractivity contribution >= 4 is 23.4 Å². The molecule has 4 rings (SSSR count). The van der Waals surface area contributed by atoms with Gasteiger partial charge in [-0.25, -0.2) is 0 Å². The number of amides is 3. The zero-order chi connectivity index (χ0) is 32.2. The van der Waals surface area contributed by atoms with Gasteiger partial charge in [-0.1, -0.05) is 45.0 Å². The monoisotopic (exact) mass is 610 g/mol. The maximum atomic E-state index is 13.4. The van der Waals surface area contributed by atoms with Crippen LogP contribution in [-0.4, -0.2) is 53.7 Å². The molecule has 0 aliphatic rings. The van der Waals surface area contributed by atoms with Crippen LogP contribution < -0.4 is 26.0 Å². The maximum Gasteiger partial charge on any atom is 0.251 e. The van der Waals surface area contributed by atoms with Gasteiger partial charge in [-0.2, -0.15) is 5.10 Å². The third-order valence-electron chi connectivity index (χ3n) is 6.92. The lowest BCUT2D eigenvalue weighted by atomic mass is 9.87. The molecule has 0 spiro atoms. The molecule has 10 heteroatoms. The van der Waals surface area contributed by atoms with E-state index in [9.17, 15) is 14.4 Å². The number of nitrogens with one attached hydrogen (secondary N) is 4. The topological polar surface area (TPSA) is 126 Å². The summed E-state index contributed by atoms with van der Waals surface area (Å²) in [6.07, 6.45) is 4.04. The van der Waals surface area contributed by atoms with Crippen LogP contribution >= 0.6 is 0 Å². The molecular weight excluding hydrogens is 568 g/mol. The molecule has 0 radical (unpaired) electrons. The number of hydrogen-bond acceptors (Lipinski definition) is 6. The Labute approximate surface area is 264 Å². The maximum absolute atomic E-state index is 13.4. The third kappa shape index (κ3) is 10.6. The van der Waals surface area contributed by atoms with E-state index >= 15 is 0 Å². The van der Waals surface area contributed by atoms with E-state index in [-0.39, 0.29) is 29.7 Å². The summed E-state index contributed by atoms with van der Waals surface area (Å²) < 4.78 is 7.42. The van der Waals surface area contributed by atoms with Crippen molar-refractivity contribution in [2.45, 2.75) is 46.3 Å². The molecule has 10 nitrogen and oxygen atoms in total. The minimum Gasteiger partial charge on any atom is -0.492 e. The molecule has 1 aromatic heterocycles. The normalized spacial score (nSPS) is 11.8. The average Bonchev–Trinajstić information content (AvgIpc) is 3.52. The second-order valence-electron chi connectivity index (χ2n) is 12.0. The Morgan fingerprint density at radius 1 is 0.889 bits per heavy atom. The molecule has 0 bridgehead atoms. The van der Waals surface area contributed by atoms with Gasteiger partial charge in [0.15, 0.2) is 0 Å². The quantitative estimate of drug-likeness (QED) is 0.154. The average molecular weight is 611 g/mol. The van der Waals surface area contributed by atoms with Gasteiger partial charge < -0.3 is 26.0 Å². The SMILES string of the molecule is CNCCOc1ccc(C(=O)NCc2cccc(C(=O)N[C@@H](CC(C)(C)C)C(=O)Nc3cccc(Cn4cccn4)c3)c2)cc1. The molecule has 0 saturated carbocycles. The second kappa shape index (κ2) is 15.7. The predicted octanol–water partition coefficient (Wildman–Crippen LogP) is 4.63. The number of carbonyl (C=O) groups is 3. The van der Waals surface area contributed by atoms with E-state index in [0.29, 0.717) is 42.1 Å². The van der Waals surface area contributed by atoms with Crippen LogP contribution in [0, 0.1) is 5.41 Å². The number of hydrogen-bond donors (Lipinski definition) is 4. The van der Waals surface area contributed by atoms with E-state index in [1.807, 2.05) is 75.1 Å². The van der Waals surface area contributed by atoms with E-state index in [0.717, 1.165) is 17.7 Å². The van der Waals surface area contributed by atoms with Crippen molar-refractivity contribution in [3.8, 4) is 5.75 Å². The van der Waals surface area contributed by atoms with Crippen LogP contribution in [0.4, 0.5) is 5.69 Å². The molecular formula is C35H42N6O4. The highest BCUT2D eigenvalue weighted by molar-refractivity contribution is 6.01. The van der Waals surface area contributed by atoms with Crippen molar-refractivity contribution in [2.75, 3.05) is 25.5 Å². The fraction of sp³-hybridized carbons (Fsp3) is 0.314. The molecule has 3 amide bonds. The van der Waals surface area contributed by atoms with Crippen LogP contribution in [0.1, 0.15) is 59.0 Å². The van der Waals surface area contributed by atoms with Gasteiger partial charge in [-0.3, -0.25) is 19.1 Å². The Balaban J connectivity index is 1.37. The van der Waals surface area contributed by atoms with Gasteiger partial charge in [0.2, 0.25) is 5.91 Å². The lowest BCUT2D eigenvalue weighted by molar-refractivity contribution is -0.118. The van der Waals surface area contributed by atoms with Gasteiger partial charge in [0.1, 0.15) is 18.4 Å². The minimum atomic E-state index is -0.763. The first kappa shape index (κ1) is 32.9. The van der Waals surface area contributed by atoms with Crippen LogP contribution in [0.3, 0.4) is 0 Å². The summed E-state index contributed by atoms with van der Waals surface area (Å²) in [5, 5.41) is 16.1. The summed E-state index contributed by atoms with van der Waals surface area (Å²) in [6.45, 7) is 8.16. The van der Waals surface area contributed by atoms with Crippen molar-refractivity contribution in [1.82, 2.24) is 25.7 Å². The fourth-order valence-electron chi connectivity index (χ4n) is 4.70. The highest BCUT2D eigenvalue weighted by Gasteiger charge is 2.27. The molecule has 236 valence electrons. The molecule has 0 saturated heterocycles. The summed E-state index contributed by atoms with van der Waals surface area (Å²) in [4.78, 5) is 39.5. The standard InChI is InChI=1S/C35H42N6O4/c1-35(2,3)22-31(34(44)39-29-11-6-9-26(21-29)24-41-18-7-16-38-41)40-33(43)28-10-5-8-25(20-28)23-37-32(42)27-12-14-30(15-13-27)45-19-17-36-4/h5-16,18,20-21,31,36H,17,19,22-24H2,1-4H3,(H,37,42)(H,39,44)(H,40,43)/t31-/m0/s1. The van der Waals surface area contributed by atoms with Crippen molar-refractivity contribution in [2.24, 2.45) is 5.41 Å². The van der Waals surface area contributed by atoms with E-state index < -0.39 is 6.04 Å². The van der Waals surface area contributed by atoms with Crippen LogP contribution in [0.15, 0.2) is 91.3 Å². The number of likely N-dealkylation sites (N-methyl/N-ethyl adjacent to an activating group) is 1. The fourth-order valence-corrected chi connectivity index (χ4v) is 4.70. The largest absolute Gasteiger partial charge is 0.492 e. The molecule has 0 unspecified atom stereocenters. The van der Waals surface area contributed by atoms with Gasteiger partial charge in [0.05, 0.1) is 6.54 Å². The van der Waals surface area contributed by atoms with Gasteiger partial charge in [0.25, 0.3) is 11.8 Å². The number of benzene rings is 3. The van der Waals surface area contributed by atoms with E-state index in [1.54, 1.807) is 48.7 Å². The third-order valence-corrected chi connectivity index (χ3v) is 6.92. The van der Waals surface area contributed by atoms with E-state index in [1.165, 1.54) is 0 Å². The number of nitrogens with zero attached hydrogens (tertiary/aromatic N) is 2. The first-order chi connectivity index (χ1) is 21.6. The summed E-state index contributed by atoms with van der Waals surface area (Å²) in [6, 6.07) is 22.6. The van der Waals surface area contributed by atoms with Gasteiger partial charge in [-0.15, -0.1) is 0 Å². The first-order valence-corrected chi connectivity index (χ1v) is 15.0.